The summed E-state index contributed by atoms with van der Waals surface area (Å²) in [6.45, 7) is 10.1. The standard InChI is InChI=1S/C14H22N4S/c1-3-17-5-4-12(10-17)8-15-9-13-11(2)16-14-18(13)6-7-19-14/h6-7,12,15H,3-5,8-10H2,1-2H3. The number of rotatable bonds is 5. The molecule has 5 heteroatoms. The smallest absolute Gasteiger partial charge is 0.194 e. The molecule has 1 atom stereocenters. The second-order valence-corrected chi connectivity index (χ2v) is 6.25. The third-order valence-electron chi connectivity index (χ3n) is 4.10. The fourth-order valence-corrected chi connectivity index (χ4v) is 3.69. The second kappa shape index (κ2) is 5.61. The van der Waals surface area contributed by atoms with Crippen LogP contribution in [0, 0.1) is 12.8 Å². The van der Waals surface area contributed by atoms with Gasteiger partial charge in [0.05, 0.1) is 11.4 Å². The average molecular weight is 278 g/mol. The van der Waals surface area contributed by atoms with E-state index in [9.17, 15) is 0 Å². The van der Waals surface area contributed by atoms with Crippen molar-refractivity contribution in [3.63, 3.8) is 0 Å². The third kappa shape index (κ3) is 2.68. The highest BCUT2D eigenvalue weighted by Crippen LogP contribution is 2.17. The fourth-order valence-electron chi connectivity index (χ4n) is 2.92. The van der Waals surface area contributed by atoms with E-state index in [1.54, 1.807) is 11.3 Å². The van der Waals surface area contributed by atoms with E-state index < -0.39 is 0 Å². The zero-order chi connectivity index (χ0) is 13.2. The average Bonchev–Trinajstić information content (AvgIpc) is 3.07. The highest BCUT2D eigenvalue weighted by molar-refractivity contribution is 7.15. The molecule has 1 fully saturated rings. The molecule has 1 N–H and O–H groups in total. The number of thiazole rings is 1. The first-order chi connectivity index (χ1) is 9.28. The lowest BCUT2D eigenvalue weighted by Crippen LogP contribution is -2.26. The molecule has 1 aliphatic heterocycles. The normalized spacial score (nSPS) is 20.6. The Balaban J connectivity index is 1.55. The van der Waals surface area contributed by atoms with Gasteiger partial charge in [0.1, 0.15) is 0 Å². The summed E-state index contributed by atoms with van der Waals surface area (Å²) in [7, 11) is 0. The van der Waals surface area contributed by atoms with E-state index in [0.29, 0.717) is 0 Å². The number of nitrogens with one attached hydrogen (secondary N) is 1. The number of imidazole rings is 1. The first-order valence-electron chi connectivity index (χ1n) is 7.12. The Morgan fingerprint density at radius 2 is 2.42 bits per heavy atom. The Morgan fingerprint density at radius 1 is 1.53 bits per heavy atom. The monoisotopic (exact) mass is 278 g/mol. The van der Waals surface area contributed by atoms with Gasteiger partial charge < -0.3 is 10.2 Å². The number of aromatic nitrogens is 2. The highest BCUT2D eigenvalue weighted by Gasteiger charge is 2.20. The van der Waals surface area contributed by atoms with Gasteiger partial charge in [0.25, 0.3) is 0 Å². The van der Waals surface area contributed by atoms with Crippen LogP contribution in [0.5, 0.6) is 0 Å². The molecule has 2 aromatic rings. The highest BCUT2D eigenvalue weighted by atomic mass is 32.1. The summed E-state index contributed by atoms with van der Waals surface area (Å²) < 4.78 is 2.21. The fraction of sp³-hybridized carbons (Fsp3) is 0.643. The van der Waals surface area contributed by atoms with Crippen molar-refractivity contribution in [1.82, 2.24) is 19.6 Å². The summed E-state index contributed by atoms with van der Waals surface area (Å²) in [4.78, 5) is 8.22. The Bertz CT molecular complexity index is 545. The minimum atomic E-state index is 0.811. The molecule has 1 aliphatic rings. The van der Waals surface area contributed by atoms with Crippen LogP contribution in [0.3, 0.4) is 0 Å². The molecular weight excluding hydrogens is 256 g/mol. The van der Waals surface area contributed by atoms with Crippen molar-refractivity contribution in [3.8, 4) is 0 Å². The molecule has 0 saturated carbocycles. The summed E-state index contributed by atoms with van der Waals surface area (Å²) in [6.07, 6.45) is 3.45. The topological polar surface area (TPSA) is 32.6 Å². The SMILES string of the molecule is CCN1CCC(CNCc2c(C)nc3sccn23)C1. The summed E-state index contributed by atoms with van der Waals surface area (Å²) in [5.41, 5.74) is 2.46. The molecule has 3 rings (SSSR count). The predicted molar refractivity (Wildman–Crippen MR) is 79.7 cm³/mol. The van der Waals surface area contributed by atoms with E-state index in [4.69, 9.17) is 0 Å². The van der Waals surface area contributed by atoms with Gasteiger partial charge in [0.2, 0.25) is 0 Å². The van der Waals surface area contributed by atoms with Gasteiger partial charge in [-0.15, -0.1) is 11.3 Å². The Hall–Kier alpha value is -0.910. The van der Waals surface area contributed by atoms with E-state index in [1.165, 1.54) is 31.7 Å². The second-order valence-electron chi connectivity index (χ2n) is 5.38. The molecular formula is C14H22N4S. The van der Waals surface area contributed by atoms with Gasteiger partial charge >= 0.3 is 0 Å². The molecule has 104 valence electrons. The van der Waals surface area contributed by atoms with E-state index in [0.717, 1.165) is 29.7 Å². The van der Waals surface area contributed by atoms with Crippen LogP contribution in [-0.4, -0.2) is 40.5 Å². The zero-order valence-electron chi connectivity index (χ0n) is 11.7. The van der Waals surface area contributed by atoms with Crippen LogP contribution in [0.25, 0.3) is 4.96 Å². The van der Waals surface area contributed by atoms with E-state index in [1.807, 2.05) is 0 Å². The summed E-state index contributed by atoms with van der Waals surface area (Å²) in [5.74, 6) is 0.811. The number of hydrogen-bond acceptors (Lipinski definition) is 4. The number of nitrogens with zero attached hydrogens (tertiary/aromatic N) is 3. The van der Waals surface area contributed by atoms with Crippen molar-refractivity contribution >= 4 is 16.3 Å². The largest absolute Gasteiger partial charge is 0.311 e. The van der Waals surface area contributed by atoms with Crippen molar-refractivity contribution < 1.29 is 0 Å². The van der Waals surface area contributed by atoms with Gasteiger partial charge in [-0.1, -0.05) is 6.92 Å². The van der Waals surface area contributed by atoms with Crippen molar-refractivity contribution in [1.29, 1.82) is 0 Å². The molecule has 4 nitrogen and oxygen atoms in total. The molecule has 0 amide bonds. The number of fused-ring (bicyclic) bond motifs is 1. The van der Waals surface area contributed by atoms with E-state index in [2.05, 4.69) is 45.0 Å². The summed E-state index contributed by atoms with van der Waals surface area (Å²) in [5, 5.41) is 5.71. The maximum absolute atomic E-state index is 4.58. The van der Waals surface area contributed by atoms with Gasteiger partial charge in [-0.2, -0.15) is 0 Å². The molecule has 0 bridgehead atoms. The van der Waals surface area contributed by atoms with Crippen molar-refractivity contribution in [2.75, 3.05) is 26.2 Å². The molecule has 0 aliphatic carbocycles. The maximum atomic E-state index is 4.58. The first kappa shape index (κ1) is 13.1. The minimum absolute atomic E-state index is 0.811. The van der Waals surface area contributed by atoms with Crippen LogP contribution < -0.4 is 5.32 Å². The van der Waals surface area contributed by atoms with Gasteiger partial charge in [0, 0.05) is 24.7 Å². The lowest BCUT2D eigenvalue weighted by Gasteiger charge is -2.13. The minimum Gasteiger partial charge on any atom is -0.311 e. The third-order valence-corrected chi connectivity index (χ3v) is 4.86. The number of hydrogen-bond donors (Lipinski definition) is 1. The van der Waals surface area contributed by atoms with Crippen LogP contribution >= 0.6 is 11.3 Å². The molecule has 1 saturated heterocycles. The molecule has 3 heterocycles. The summed E-state index contributed by atoms with van der Waals surface area (Å²) in [6, 6.07) is 0. The lowest BCUT2D eigenvalue weighted by molar-refractivity contribution is 0.338. The van der Waals surface area contributed by atoms with E-state index in [-0.39, 0.29) is 0 Å². The molecule has 0 radical (unpaired) electrons. The van der Waals surface area contributed by atoms with Gasteiger partial charge in [-0.25, -0.2) is 4.98 Å². The summed E-state index contributed by atoms with van der Waals surface area (Å²) >= 11 is 1.70. The Kier molecular flexibility index (Phi) is 3.86. The zero-order valence-corrected chi connectivity index (χ0v) is 12.5. The van der Waals surface area contributed by atoms with Crippen molar-refractivity contribution in [2.24, 2.45) is 5.92 Å². The molecule has 2 aromatic heterocycles. The Labute approximate surface area is 118 Å². The Morgan fingerprint density at radius 3 is 3.21 bits per heavy atom. The molecule has 0 spiro atoms. The molecule has 0 aromatic carbocycles. The van der Waals surface area contributed by atoms with Crippen molar-refractivity contribution in [2.45, 2.75) is 26.8 Å². The van der Waals surface area contributed by atoms with Gasteiger partial charge in [0.15, 0.2) is 4.96 Å². The van der Waals surface area contributed by atoms with Crippen LogP contribution in [0.1, 0.15) is 24.7 Å². The van der Waals surface area contributed by atoms with Gasteiger partial charge in [-0.05, 0) is 38.9 Å². The number of aryl methyl sites for hydroxylation is 1. The molecule has 19 heavy (non-hydrogen) atoms. The molecule has 1 unspecified atom stereocenters. The van der Waals surface area contributed by atoms with Gasteiger partial charge in [-0.3, -0.25) is 4.40 Å². The van der Waals surface area contributed by atoms with E-state index >= 15 is 0 Å². The van der Waals surface area contributed by atoms with Crippen LogP contribution in [0.15, 0.2) is 11.6 Å². The lowest BCUT2D eigenvalue weighted by atomic mass is 10.1. The maximum Gasteiger partial charge on any atom is 0.194 e. The first-order valence-corrected chi connectivity index (χ1v) is 8.00. The predicted octanol–water partition coefficient (Wildman–Crippen LogP) is 2.14. The quantitative estimate of drug-likeness (QED) is 0.909. The number of likely N-dealkylation sites (tertiary alicyclic amines) is 1. The van der Waals surface area contributed by atoms with Crippen LogP contribution in [0.2, 0.25) is 0 Å². The van der Waals surface area contributed by atoms with Crippen molar-refractivity contribution in [3.05, 3.63) is 23.0 Å². The van der Waals surface area contributed by atoms with Crippen LogP contribution in [0.4, 0.5) is 0 Å². The van der Waals surface area contributed by atoms with Crippen LogP contribution in [-0.2, 0) is 6.54 Å².